The summed E-state index contributed by atoms with van der Waals surface area (Å²) < 4.78 is 28.0. The van der Waals surface area contributed by atoms with Gasteiger partial charge in [0.2, 0.25) is 5.91 Å². The minimum absolute atomic E-state index is 0.00301. The van der Waals surface area contributed by atoms with Gasteiger partial charge >= 0.3 is 0 Å². The normalized spacial score (nSPS) is 12.8. The Balaban J connectivity index is 3.84. The molecular weight excluding hydrogens is 248 g/mol. The van der Waals surface area contributed by atoms with E-state index in [9.17, 15) is 13.6 Å². The van der Waals surface area contributed by atoms with E-state index in [2.05, 4.69) is 15.2 Å². The minimum Gasteiger partial charge on any atom is -0.409 e. The van der Waals surface area contributed by atoms with Crippen molar-refractivity contribution in [1.29, 1.82) is 0 Å². The standard InChI is InChI=1S/C10H19F2N3O3/c1-10(2,9(13)15-17)6-14-8(16)3-4-18-5-7(11)12/h7,17H,3-6H2,1-2H3,(H2,13,15)(H,14,16). The molecule has 0 aromatic carbocycles. The van der Waals surface area contributed by atoms with E-state index >= 15 is 0 Å². The van der Waals surface area contributed by atoms with Crippen LogP contribution in [0.2, 0.25) is 0 Å². The molecule has 8 heteroatoms. The zero-order valence-corrected chi connectivity index (χ0v) is 10.4. The molecule has 0 saturated carbocycles. The van der Waals surface area contributed by atoms with Crippen LogP contribution in [0.3, 0.4) is 0 Å². The van der Waals surface area contributed by atoms with E-state index in [1.54, 1.807) is 13.8 Å². The van der Waals surface area contributed by atoms with Gasteiger partial charge in [0.1, 0.15) is 12.4 Å². The smallest absolute Gasteiger partial charge is 0.261 e. The lowest BCUT2D eigenvalue weighted by Crippen LogP contribution is -2.42. The van der Waals surface area contributed by atoms with Crippen molar-refractivity contribution in [2.24, 2.45) is 16.3 Å². The summed E-state index contributed by atoms with van der Waals surface area (Å²) in [5.74, 6) is -0.347. The number of nitrogens with one attached hydrogen (secondary N) is 1. The molecule has 0 atom stereocenters. The van der Waals surface area contributed by atoms with Crippen molar-refractivity contribution in [2.75, 3.05) is 19.8 Å². The molecule has 106 valence electrons. The summed E-state index contributed by atoms with van der Waals surface area (Å²) in [5.41, 5.74) is 4.75. The second-order valence-electron chi connectivity index (χ2n) is 4.36. The molecule has 0 rings (SSSR count). The fourth-order valence-electron chi connectivity index (χ4n) is 0.971. The predicted octanol–water partition coefficient (Wildman–Crippen LogP) is 0.547. The van der Waals surface area contributed by atoms with Crippen molar-refractivity contribution in [3.05, 3.63) is 0 Å². The average Bonchev–Trinajstić information content (AvgIpc) is 2.30. The number of nitrogens with two attached hydrogens (primary N) is 1. The third-order valence-electron chi connectivity index (χ3n) is 2.25. The van der Waals surface area contributed by atoms with Crippen LogP contribution in [0.4, 0.5) is 8.78 Å². The molecule has 0 radical (unpaired) electrons. The first-order valence-corrected chi connectivity index (χ1v) is 5.40. The van der Waals surface area contributed by atoms with E-state index in [0.717, 1.165) is 0 Å². The summed E-state index contributed by atoms with van der Waals surface area (Å²) in [4.78, 5) is 11.3. The van der Waals surface area contributed by atoms with E-state index < -0.39 is 18.4 Å². The van der Waals surface area contributed by atoms with Crippen LogP contribution in [0.1, 0.15) is 20.3 Å². The maximum Gasteiger partial charge on any atom is 0.261 e. The molecule has 0 aromatic rings. The average molecular weight is 267 g/mol. The van der Waals surface area contributed by atoms with Crippen LogP contribution >= 0.6 is 0 Å². The van der Waals surface area contributed by atoms with Crippen molar-refractivity contribution >= 4 is 11.7 Å². The molecule has 0 aliphatic heterocycles. The summed E-state index contributed by atoms with van der Waals surface area (Å²) in [5, 5.41) is 13.9. The Kier molecular flexibility index (Phi) is 7.18. The van der Waals surface area contributed by atoms with Crippen LogP contribution in [0.25, 0.3) is 0 Å². The first-order valence-electron chi connectivity index (χ1n) is 5.40. The second kappa shape index (κ2) is 7.80. The molecule has 0 spiro atoms. The van der Waals surface area contributed by atoms with Gasteiger partial charge in [-0.1, -0.05) is 19.0 Å². The first kappa shape index (κ1) is 16.6. The quantitative estimate of drug-likeness (QED) is 0.197. The Morgan fingerprint density at radius 2 is 2.17 bits per heavy atom. The fraction of sp³-hybridized carbons (Fsp3) is 0.800. The van der Waals surface area contributed by atoms with E-state index in [1.807, 2.05) is 0 Å². The van der Waals surface area contributed by atoms with Gasteiger partial charge in [-0.2, -0.15) is 0 Å². The van der Waals surface area contributed by atoms with E-state index in [4.69, 9.17) is 10.9 Å². The molecule has 6 nitrogen and oxygen atoms in total. The van der Waals surface area contributed by atoms with Crippen LogP contribution < -0.4 is 11.1 Å². The Morgan fingerprint density at radius 1 is 1.56 bits per heavy atom. The Bertz CT molecular complexity index is 296. The lowest BCUT2D eigenvalue weighted by Gasteiger charge is -2.23. The highest BCUT2D eigenvalue weighted by molar-refractivity contribution is 5.86. The summed E-state index contributed by atoms with van der Waals surface area (Å²) in [7, 11) is 0. The zero-order valence-electron chi connectivity index (χ0n) is 10.4. The Morgan fingerprint density at radius 3 is 2.67 bits per heavy atom. The predicted molar refractivity (Wildman–Crippen MR) is 61.6 cm³/mol. The van der Waals surface area contributed by atoms with Gasteiger partial charge in [0.15, 0.2) is 0 Å². The van der Waals surface area contributed by atoms with Gasteiger partial charge in [0, 0.05) is 18.4 Å². The number of rotatable bonds is 8. The van der Waals surface area contributed by atoms with Gasteiger partial charge in [-0.3, -0.25) is 4.79 Å². The highest BCUT2D eigenvalue weighted by Crippen LogP contribution is 2.13. The van der Waals surface area contributed by atoms with Gasteiger partial charge in [-0.15, -0.1) is 0 Å². The SMILES string of the molecule is CC(C)(CNC(=O)CCOCC(F)F)C(N)=NO. The monoisotopic (exact) mass is 267 g/mol. The van der Waals surface area contributed by atoms with Gasteiger partial charge in [0.05, 0.1) is 6.61 Å². The maximum absolute atomic E-state index is 11.7. The van der Waals surface area contributed by atoms with E-state index in [-0.39, 0.29) is 31.3 Å². The van der Waals surface area contributed by atoms with Crippen LogP contribution in [0.15, 0.2) is 5.16 Å². The van der Waals surface area contributed by atoms with Gasteiger partial charge in [0.25, 0.3) is 6.43 Å². The molecule has 4 N–H and O–H groups in total. The third-order valence-corrected chi connectivity index (χ3v) is 2.25. The lowest BCUT2D eigenvalue weighted by molar-refractivity contribution is -0.122. The number of ether oxygens (including phenoxy) is 1. The number of amidine groups is 1. The molecule has 0 aromatic heterocycles. The zero-order chi connectivity index (χ0) is 14.2. The van der Waals surface area contributed by atoms with Gasteiger partial charge in [-0.05, 0) is 0 Å². The topological polar surface area (TPSA) is 96.9 Å². The summed E-state index contributed by atoms with van der Waals surface area (Å²) in [6.07, 6.45) is -2.55. The maximum atomic E-state index is 11.7. The van der Waals surface area contributed by atoms with Crippen LogP contribution in [-0.2, 0) is 9.53 Å². The Hall–Kier alpha value is -1.44. The summed E-state index contributed by atoms with van der Waals surface area (Å²) in [6, 6.07) is 0. The molecule has 0 aliphatic rings. The van der Waals surface area contributed by atoms with Crippen molar-refractivity contribution in [2.45, 2.75) is 26.7 Å². The highest BCUT2D eigenvalue weighted by Gasteiger charge is 2.24. The minimum atomic E-state index is -2.53. The molecule has 0 bridgehead atoms. The van der Waals surface area contributed by atoms with Crippen LogP contribution in [0, 0.1) is 5.41 Å². The number of carbonyl (C=O) groups excluding carboxylic acids is 1. The number of oxime groups is 1. The summed E-state index contributed by atoms with van der Waals surface area (Å²) in [6.45, 7) is 2.81. The second-order valence-corrected chi connectivity index (χ2v) is 4.36. The van der Waals surface area contributed by atoms with Crippen molar-refractivity contribution in [3.63, 3.8) is 0 Å². The molecule has 0 heterocycles. The van der Waals surface area contributed by atoms with Crippen LogP contribution in [0.5, 0.6) is 0 Å². The van der Waals surface area contributed by atoms with Crippen LogP contribution in [-0.4, -0.2) is 43.1 Å². The number of halogens is 2. The van der Waals surface area contributed by atoms with Crippen molar-refractivity contribution < 1.29 is 23.5 Å². The molecule has 0 aliphatic carbocycles. The number of alkyl halides is 2. The number of carbonyl (C=O) groups is 1. The largest absolute Gasteiger partial charge is 0.409 e. The van der Waals surface area contributed by atoms with E-state index in [1.165, 1.54) is 0 Å². The summed E-state index contributed by atoms with van der Waals surface area (Å²) >= 11 is 0. The first-order chi connectivity index (χ1) is 8.29. The number of hydrogen-bond acceptors (Lipinski definition) is 4. The lowest BCUT2D eigenvalue weighted by atomic mass is 9.92. The van der Waals surface area contributed by atoms with Gasteiger partial charge in [-0.25, -0.2) is 8.78 Å². The number of nitrogens with zero attached hydrogens (tertiary/aromatic N) is 1. The molecule has 1 amide bonds. The van der Waals surface area contributed by atoms with Crippen molar-refractivity contribution in [1.82, 2.24) is 5.32 Å². The molecule has 0 fully saturated rings. The van der Waals surface area contributed by atoms with Gasteiger partial charge < -0.3 is 21.0 Å². The Labute approximate surface area is 104 Å². The molecule has 0 unspecified atom stereocenters. The molecule has 0 saturated heterocycles. The highest BCUT2D eigenvalue weighted by atomic mass is 19.3. The van der Waals surface area contributed by atoms with E-state index in [0.29, 0.717) is 0 Å². The van der Waals surface area contributed by atoms with Crippen molar-refractivity contribution in [3.8, 4) is 0 Å². The molecule has 18 heavy (non-hydrogen) atoms. The number of hydrogen-bond donors (Lipinski definition) is 3. The molecular formula is C10H19F2N3O3. The fourth-order valence-corrected chi connectivity index (χ4v) is 0.971. The third kappa shape index (κ3) is 7.00. The number of amides is 1.